The number of carboxylic acid groups (broad SMARTS) is 1. The summed E-state index contributed by atoms with van der Waals surface area (Å²) < 4.78 is 5.24. The van der Waals surface area contributed by atoms with Crippen molar-refractivity contribution in [3.63, 3.8) is 0 Å². The van der Waals surface area contributed by atoms with Crippen molar-refractivity contribution in [1.82, 2.24) is 4.90 Å². The number of carbonyl (C=O) groups is 2. The van der Waals surface area contributed by atoms with E-state index in [1.54, 1.807) is 25.3 Å². The Kier molecular flexibility index (Phi) is 3.23. The minimum absolute atomic E-state index is 0.226. The van der Waals surface area contributed by atoms with Crippen LogP contribution in [0.25, 0.3) is 0 Å². The van der Waals surface area contributed by atoms with E-state index in [1.807, 2.05) is 0 Å². The molecule has 0 radical (unpaired) electrons. The smallest absolute Gasteiger partial charge is 0.331 e. The molecule has 0 aromatic heterocycles. The molecule has 0 spiro atoms. The maximum Gasteiger partial charge on any atom is 0.331 e. The Morgan fingerprint density at radius 1 is 1.44 bits per heavy atom. The zero-order chi connectivity index (χ0) is 13.3. The fraction of sp³-hybridized carbons (Fsp3) is 0.385. The van der Waals surface area contributed by atoms with E-state index in [4.69, 9.17) is 4.74 Å². The Labute approximate surface area is 105 Å². The minimum Gasteiger partial charge on any atom is -0.496 e. The van der Waals surface area contributed by atoms with Crippen molar-refractivity contribution in [3.05, 3.63) is 29.3 Å². The van der Waals surface area contributed by atoms with E-state index in [0.29, 0.717) is 24.3 Å². The van der Waals surface area contributed by atoms with Crippen LogP contribution in [0.4, 0.5) is 0 Å². The summed E-state index contributed by atoms with van der Waals surface area (Å²) in [4.78, 5) is 24.3. The molecule has 18 heavy (non-hydrogen) atoms. The molecule has 5 nitrogen and oxygen atoms in total. The standard InChI is InChI=1S/C13H15NO4/c1-8(15)14-7-6-9-10(12(14)13(16)17)4-3-5-11(9)18-2/h3-5,12H,6-7H2,1-2H3,(H,16,17)/t12-/m0/s1. The summed E-state index contributed by atoms with van der Waals surface area (Å²) in [6.07, 6.45) is 0.614. The van der Waals surface area contributed by atoms with Gasteiger partial charge in [-0.15, -0.1) is 0 Å². The fourth-order valence-electron chi connectivity index (χ4n) is 2.43. The Hall–Kier alpha value is -2.04. The van der Waals surface area contributed by atoms with Crippen molar-refractivity contribution >= 4 is 11.9 Å². The lowest BCUT2D eigenvalue weighted by molar-refractivity contribution is -0.150. The number of hydrogen-bond donors (Lipinski definition) is 1. The predicted molar refractivity (Wildman–Crippen MR) is 64.5 cm³/mol. The van der Waals surface area contributed by atoms with Gasteiger partial charge in [0, 0.05) is 19.0 Å². The van der Waals surface area contributed by atoms with E-state index in [1.165, 1.54) is 11.8 Å². The number of hydrogen-bond acceptors (Lipinski definition) is 3. The number of rotatable bonds is 2. The first kappa shape index (κ1) is 12.4. The van der Waals surface area contributed by atoms with Gasteiger partial charge in [-0.25, -0.2) is 4.79 Å². The highest BCUT2D eigenvalue weighted by Crippen LogP contribution is 2.35. The van der Waals surface area contributed by atoms with Gasteiger partial charge in [-0.2, -0.15) is 0 Å². The predicted octanol–water partition coefficient (Wildman–Crippen LogP) is 1.23. The maximum absolute atomic E-state index is 11.5. The molecule has 1 heterocycles. The highest BCUT2D eigenvalue weighted by Gasteiger charge is 2.35. The van der Waals surface area contributed by atoms with Gasteiger partial charge in [0.15, 0.2) is 6.04 Å². The Balaban J connectivity index is 2.53. The number of carboxylic acids is 1. The number of carbonyl (C=O) groups excluding carboxylic acids is 1. The van der Waals surface area contributed by atoms with Gasteiger partial charge in [0.1, 0.15) is 5.75 Å². The normalized spacial score (nSPS) is 18.1. The first-order chi connectivity index (χ1) is 8.56. The van der Waals surface area contributed by atoms with Gasteiger partial charge < -0.3 is 14.7 Å². The van der Waals surface area contributed by atoms with E-state index < -0.39 is 12.0 Å². The van der Waals surface area contributed by atoms with Crippen LogP contribution < -0.4 is 4.74 Å². The van der Waals surface area contributed by atoms with Gasteiger partial charge in [0.25, 0.3) is 0 Å². The number of benzene rings is 1. The summed E-state index contributed by atoms with van der Waals surface area (Å²) in [5.74, 6) is -0.558. The van der Waals surface area contributed by atoms with Crippen LogP contribution in [0, 0.1) is 0 Å². The third-order valence-corrected chi connectivity index (χ3v) is 3.24. The van der Waals surface area contributed by atoms with Crippen molar-refractivity contribution in [3.8, 4) is 5.75 Å². The molecule has 0 fully saturated rings. The number of amides is 1. The summed E-state index contributed by atoms with van der Waals surface area (Å²) in [5.41, 5.74) is 1.52. The lowest BCUT2D eigenvalue weighted by atomic mass is 9.91. The first-order valence-electron chi connectivity index (χ1n) is 5.72. The van der Waals surface area contributed by atoms with Crippen LogP contribution in [0.2, 0.25) is 0 Å². The lowest BCUT2D eigenvalue weighted by Crippen LogP contribution is -2.42. The third-order valence-electron chi connectivity index (χ3n) is 3.24. The topological polar surface area (TPSA) is 66.8 Å². The molecular formula is C13H15NO4. The molecule has 0 saturated carbocycles. The van der Waals surface area contributed by atoms with Gasteiger partial charge in [0.2, 0.25) is 5.91 Å². The summed E-state index contributed by atoms with van der Waals surface area (Å²) in [7, 11) is 1.56. The van der Waals surface area contributed by atoms with Crippen molar-refractivity contribution in [1.29, 1.82) is 0 Å². The van der Waals surface area contributed by atoms with Crippen LogP contribution in [0.1, 0.15) is 24.1 Å². The number of aliphatic carboxylic acids is 1. The first-order valence-corrected chi connectivity index (χ1v) is 5.72. The van der Waals surface area contributed by atoms with Gasteiger partial charge in [0.05, 0.1) is 7.11 Å². The molecule has 1 amide bonds. The molecule has 0 unspecified atom stereocenters. The molecule has 5 heteroatoms. The van der Waals surface area contributed by atoms with Crippen LogP contribution in [0.3, 0.4) is 0 Å². The Morgan fingerprint density at radius 3 is 2.72 bits per heavy atom. The quantitative estimate of drug-likeness (QED) is 0.856. The third kappa shape index (κ3) is 1.92. The molecule has 1 aromatic rings. The van der Waals surface area contributed by atoms with Crippen molar-refractivity contribution in [2.75, 3.05) is 13.7 Å². The van der Waals surface area contributed by atoms with E-state index in [-0.39, 0.29) is 5.91 Å². The van der Waals surface area contributed by atoms with Crippen LogP contribution in [-0.4, -0.2) is 35.5 Å². The molecule has 1 N–H and O–H groups in total. The molecule has 96 valence electrons. The number of ether oxygens (including phenoxy) is 1. The summed E-state index contributed by atoms with van der Waals surface area (Å²) in [5, 5.41) is 9.33. The molecule has 1 aromatic carbocycles. The minimum atomic E-state index is -1.01. The Morgan fingerprint density at radius 2 is 2.17 bits per heavy atom. The average molecular weight is 249 g/mol. The number of fused-ring (bicyclic) bond motifs is 1. The zero-order valence-corrected chi connectivity index (χ0v) is 10.3. The molecule has 1 atom stereocenters. The van der Waals surface area contributed by atoms with Crippen LogP contribution in [0.15, 0.2) is 18.2 Å². The molecule has 0 bridgehead atoms. The van der Waals surface area contributed by atoms with Crippen LogP contribution in [-0.2, 0) is 16.0 Å². The number of nitrogens with zero attached hydrogens (tertiary/aromatic N) is 1. The van der Waals surface area contributed by atoms with Crippen molar-refractivity contribution < 1.29 is 19.4 Å². The Bertz CT molecular complexity index is 498. The van der Waals surface area contributed by atoms with Gasteiger partial charge >= 0.3 is 5.97 Å². The van der Waals surface area contributed by atoms with E-state index in [2.05, 4.69) is 0 Å². The highest BCUT2D eigenvalue weighted by molar-refractivity contribution is 5.84. The van der Waals surface area contributed by atoms with E-state index in [0.717, 1.165) is 5.56 Å². The molecule has 0 saturated heterocycles. The zero-order valence-electron chi connectivity index (χ0n) is 10.3. The molecule has 0 aliphatic carbocycles. The average Bonchev–Trinajstić information content (AvgIpc) is 2.35. The van der Waals surface area contributed by atoms with Gasteiger partial charge in [-0.3, -0.25) is 4.79 Å². The van der Waals surface area contributed by atoms with Crippen LogP contribution >= 0.6 is 0 Å². The van der Waals surface area contributed by atoms with E-state index in [9.17, 15) is 14.7 Å². The second-order valence-corrected chi connectivity index (χ2v) is 4.23. The highest BCUT2D eigenvalue weighted by atomic mass is 16.5. The molecule has 1 aliphatic rings. The van der Waals surface area contributed by atoms with Crippen molar-refractivity contribution in [2.45, 2.75) is 19.4 Å². The van der Waals surface area contributed by atoms with Crippen molar-refractivity contribution in [2.24, 2.45) is 0 Å². The maximum atomic E-state index is 11.5. The second kappa shape index (κ2) is 4.68. The molecule has 1 aliphatic heterocycles. The van der Waals surface area contributed by atoms with Gasteiger partial charge in [-0.05, 0) is 18.1 Å². The molecular weight excluding hydrogens is 234 g/mol. The molecule has 2 rings (SSSR count). The summed E-state index contributed by atoms with van der Waals surface area (Å²) in [6.45, 7) is 1.79. The summed E-state index contributed by atoms with van der Waals surface area (Å²) >= 11 is 0. The van der Waals surface area contributed by atoms with Gasteiger partial charge in [-0.1, -0.05) is 12.1 Å². The lowest BCUT2D eigenvalue weighted by Gasteiger charge is -2.34. The fourth-order valence-corrected chi connectivity index (χ4v) is 2.43. The number of methoxy groups -OCH3 is 1. The SMILES string of the molecule is COc1cccc2c1CCN(C(C)=O)[C@@H]2C(=O)O. The summed E-state index contributed by atoms with van der Waals surface area (Å²) in [6, 6.07) is 4.38. The monoisotopic (exact) mass is 249 g/mol. The largest absolute Gasteiger partial charge is 0.496 e. The second-order valence-electron chi connectivity index (χ2n) is 4.23. The van der Waals surface area contributed by atoms with Crippen LogP contribution in [0.5, 0.6) is 5.75 Å². The van der Waals surface area contributed by atoms with E-state index >= 15 is 0 Å².